The van der Waals surface area contributed by atoms with Crippen molar-refractivity contribution in [2.45, 2.75) is 24.2 Å². The van der Waals surface area contributed by atoms with Gasteiger partial charge in [-0.1, -0.05) is 48.5 Å². The lowest BCUT2D eigenvalue weighted by molar-refractivity contribution is -0.0970. The van der Waals surface area contributed by atoms with Crippen molar-refractivity contribution < 1.29 is 31.1 Å². The SMILES string of the molecule is [N-]=[N+]=C(C1C(C(F)(F)F)=Cc2ccccc21)C1C(C(F)(F)F)=Cc2ccccc21. The molecule has 2 unspecified atom stereocenters. The molecule has 0 aliphatic heterocycles. The van der Waals surface area contributed by atoms with Crippen molar-refractivity contribution >= 4 is 17.9 Å². The highest BCUT2D eigenvalue weighted by atomic mass is 19.4. The Balaban J connectivity index is 1.93. The molecule has 0 saturated carbocycles. The second kappa shape index (κ2) is 6.46. The number of rotatable bonds is 2. The first-order chi connectivity index (χ1) is 13.6. The lowest BCUT2D eigenvalue weighted by Crippen LogP contribution is -2.30. The number of alkyl halides is 6. The van der Waals surface area contributed by atoms with Gasteiger partial charge in [0.1, 0.15) is 11.8 Å². The highest BCUT2D eigenvalue weighted by molar-refractivity contribution is 6.03. The first-order valence-electron chi connectivity index (χ1n) is 8.60. The molecule has 0 aromatic heterocycles. The highest BCUT2D eigenvalue weighted by Gasteiger charge is 2.55. The number of hydrogen-bond acceptors (Lipinski definition) is 0. The monoisotopic (exact) mass is 406 g/mol. The number of halogens is 6. The second-order valence-electron chi connectivity index (χ2n) is 6.84. The zero-order valence-corrected chi connectivity index (χ0v) is 14.6. The molecule has 0 amide bonds. The lowest BCUT2D eigenvalue weighted by atomic mass is 9.79. The van der Waals surface area contributed by atoms with Crippen molar-refractivity contribution in [2.24, 2.45) is 0 Å². The van der Waals surface area contributed by atoms with Gasteiger partial charge in [0.15, 0.2) is 0 Å². The molecule has 0 fully saturated rings. The molecule has 0 saturated heterocycles. The fourth-order valence-electron chi connectivity index (χ4n) is 4.06. The minimum Gasteiger partial charge on any atom is -0.362 e. The molecule has 0 N–H and O–H groups in total. The molecule has 148 valence electrons. The largest absolute Gasteiger partial charge is 0.413 e. The molecule has 0 spiro atoms. The van der Waals surface area contributed by atoms with Gasteiger partial charge in [-0.2, -0.15) is 31.1 Å². The van der Waals surface area contributed by atoms with E-state index in [1.165, 1.54) is 48.5 Å². The van der Waals surface area contributed by atoms with Crippen LogP contribution in [0.5, 0.6) is 0 Å². The van der Waals surface area contributed by atoms with E-state index in [0.29, 0.717) is 0 Å². The summed E-state index contributed by atoms with van der Waals surface area (Å²) in [4.78, 5) is 3.01. The number of hydrogen-bond donors (Lipinski definition) is 0. The molecule has 0 heterocycles. The van der Waals surface area contributed by atoms with Gasteiger partial charge in [-0.25, -0.2) is 0 Å². The Kier molecular flexibility index (Phi) is 4.28. The van der Waals surface area contributed by atoms with Crippen molar-refractivity contribution in [3.8, 4) is 0 Å². The number of allylic oxidation sites excluding steroid dienone is 2. The average Bonchev–Trinajstić information content (AvgIpc) is 3.22. The van der Waals surface area contributed by atoms with Crippen LogP contribution in [0, 0.1) is 0 Å². The summed E-state index contributed by atoms with van der Waals surface area (Å²) < 4.78 is 82.5. The Morgan fingerprint density at radius 2 is 1.07 bits per heavy atom. The molecule has 0 bridgehead atoms. The molecule has 2 nitrogen and oxygen atoms in total. The zero-order chi connectivity index (χ0) is 21.0. The molecule has 2 aliphatic rings. The predicted molar refractivity (Wildman–Crippen MR) is 95.1 cm³/mol. The zero-order valence-electron chi connectivity index (χ0n) is 14.6. The first-order valence-corrected chi connectivity index (χ1v) is 8.60. The third-order valence-corrected chi connectivity index (χ3v) is 5.22. The van der Waals surface area contributed by atoms with E-state index in [1.807, 2.05) is 0 Å². The van der Waals surface area contributed by atoms with Crippen LogP contribution in [-0.4, -0.2) is 22.9 Å². The predicted octanol–water partition coefficient (Wildman–Crippen LogP) is 6.14. The van der Waals surface area contributed by atoms with E-state index in [9.17, 15) is 31.9 Å². The summed E-state index contributed by atoms with van der Waals surface area (Å²) in [5.74, 6) is -3.28. The van der Waals surface area contributed by atoms with Crippen molar-refractivity contribution in [2.75, 3.05) is 0 Å². The molecule has 29 heavy (non-hydrogen) atoms. The Bertz CT molecular complexity index is 1020. The van der Waals surface area contributed by atoms with Crippen LogP contribution in [0.4, 0.5) is 26.3 Å². The molecule has 2 aromatic rings. The third-order valence-electron chi connectivity index (χ3n) is 5.22. The van der Waals surface area contributed by atoms with Crippen molar-refractivity contribution in [1.82, 2.24) is 0 Å². The van der Waals surface area contributed by atoms with Crippen molar-refractivity contribution in [3.05, 3.63) is 87.5 Å². The maximum atomic E-state index is 13.7. The number of benzene rings is 2. The van der Waals surface area contributed by atoms with E-state index in [1.54, 1.807) is 0 Å². The van der Waals surface area contributed by atoms with Gasteiger partial charge in [0.05, 0.1) is 11.1 Å². The quantitative estimate of drug-likeness (QED) is 0.249. The minimum atomic E-state index is -4.81. The van der Waals surface area contributed by atoms with Gasteiger partial charge in [-0.05, 0) is 34.4 Å². The Labute approximate surface area is 161 Å². The molecule has 2 aliphatic carbocycles. The van der Waals surface area contributed by atoms with Crippen LogP contribution < -0.4 is 0 Å². The number of nitrogens with zero attached hydrogens (tertiary/aromatic N) is 2. The van der Waals surface area contributed by atoms with Crippen molar-refractivity contribution in [3.63, 3.8) is 0 Å². The van der Waals surface area contributed by atoms with E-state index in [0.717, 1.165) is 12.2 Å². The van der Waals surface area contributed by atoms with E-state index in [2.05, 4.69) is 4.79 Å². The van der Waals surface area contributed by atoms with Gasteiger partial charge in [0.2, 0.25) is 0 Å². The molecule has 0 radical (unpaired) electrons. The van der Waals surface area contributed by atoms with E-state index in [-0.39, 0.29) is 22.3 Å². The summed E-state index contributed by atoms with van der Waals surface area (Å²) in [5.41, 5.74) is 7.71. The Hall–Kier alpha value is -3.12. The van der Waals surface area contributed by atoms with Crippen LogP contribution in [-0.2, 0) is 0 Å². The van der Waals surface area contributed by atoms with Crippen molar-refractivity contribution in [1.29, 1.82) is 0 Å². The molecule has 8 heteroatoms. The van der Waals surface area contributed by atoms with Gasteiger partial charge < -0.3 is 5.53 Å². The molecular formula is C21H12F6N2. The molecule has 2 atom stereocenters. The fraction of sp³-hybridized carbons (Fsp3) is 0.190. The Morgan fingerprint density at radius 3 is 1.41 bits per heavy atom. The van der Waals surface area contributed by atoms with Crippen LogP contribution in [0.2, 0.25) is 0 Å². The average molecular weight is 406 g/mol. The summed E-state index contributed by atoms with van der Waals surface area (Å²) in [6.45, 7) is 0. The third kappa shape index (κ3) is 3.09. The number of fused-ring (bicyclic) bond motifs is 2. The van der Waals surface area contributed by atoms with Crippen LogP contribution in [0.3, 0.4) is 0 Å². The summed E-state index contributed by atoms with van der Waals surface area (Å²) in [7, 11) is 0. The summed E-state index contributed by atoms with van der Waals surface area (Å²) in [6, 6.07) is 11.8. The summed E-state index contributed by atoms with van der Waals surface area (Å²) in [6.07, 6.45) is -7.83. The van der Waals surface area contributed by atoms with Gasteiger partial charge >= 0.3 is 12.4 Å². The van der Waals surface area contributed by atoms with Gasteiger partial charge in [-0.3, -0.25) is 0 Å². The van der Waals surface area contributed by atoms with E-state index in [4.69, 9.17) is 0 Å². The first kappa shape index (κ1) is 19.2. The van der Waals surface area contributed by atoms with E-state index < -0.39 is 41.0 Å². The molecule has 4 rings (SSSR count). The Morgan fingerprint density at radius 1 is 0.690 bits per heavy atom. The topological polar surface area (TPSA) is 36.4 Å². The van der Waals surface area contributed by atoms with Gasteiger partial charge in [-0.15, -0.1) is 0 Å². The van der Waals surface area contributed by atoms with Gasteiger partial charge in [0.25, 0.3) is 5.71 Å². The highest BCUT2D eigenvalue weighted by Crippen LogP contribution is 2.52. The van der Waals surface area contributed by atoms with Crippen LogP contribution >= 0.6 is 0 Å². The normalized spacial score (nSPS) is 20.5. The van der Waals surface area contributed by atoms with E-state index >= 15 is 0 Å². The van der Waals surface area contributed by atoms with Crippen LogP contribution in [0.15, 0.2) is 59.7 Å². The smallest absolute Gasteiger partial charge is 0.362 e. The standard InChI is InChI=1S/C21H12F6N2/c22-20(23,24)15-9-11-5-1-3-7-13(11)17(15)19(29-28)18-14-8-4-2-6-12(14)10-16(18)21(25,26)27/h1-10,17-18H. The summed E-state index contributed by atoms with van der Waals surface area (Å²) in [5, 5.41) is 0. The maximum Gasteiger partial charge on any atom is 0.413 e. The molecular weight excluding hydrogens is 394 g/mol. The fourth-order valence-corrected chi connectivity index (χ4v) is 4.06. The lowest BCUT2D eigenvalue weighted by Gasteiger charge is -2.22. The molecule has 2 aromatic carbocycles. The van der Waals surface area contributed by atoms with Gasteiger partial charge in [0, 0.05) is 0 Å². The minimum absolute atomic E-state index is 0.151. The van der Waals surface area contributed by atoms with Crippen LogP contribution in [0.1, 0.15) is 34.1 Å². The maximum absolute atomic E-state index is 13.7. The van der Waals surface area contributed by atoms with Crippen LogP contribution in [0.25, 0.3) is 17.7 Å². The second-order valence-corrected chi connectivity index (χ2v) is 6.84. The summed E-state index contributed by atoms with van der Waals surface area (Å²) >= 11 is 0.